The molecule has 0 aliphatic carbocycles. The van der Waals surface area contributed by atoms with Crippen LogP contribution >= 0.6 is 0 Å². The third-order valence-corrected chi connectivity index (χ3v) is 3.16. The van der Waals surface area contributed by atoms with Gasteiger partial charge in [0, 0.05) is 0 Å². The standard InChI is InChI=1S/C17H19NO3/c1-11-7-12(2)9-13(8-11)10-21-17(19)14-5-4-6-15(20-3)16(14)18/h4-9H,10,18H2,1-3H3. The normalized spacial score (nSPS) is 10.2. The lowest BCUT2D eigenvalue weighted by Gasteiger charge is -2.10. The van der Waals surface area contributed by atoms with Crippen molar-refractivity contribution < 1.29 is 14.3 Å². The van der Waals surface area contributed by atoms with Crippen LogP contribution in [0.15, 0.2) is 36.4 Å². The van der Waals surface area contributed by atoms with Crippen molar-refractivity contribution in [2.24, 2.45) is 0 Å². The van der Waals surface area contributed by atoms with Gasteiger partial charge in [-0.05, 0) is 31.5 Å². The summed E-state index contributed by atoms with van der Waals surface area (Å²) in [6.45, 7) is 4.24. The van der Waals surface area contributed by atoms with E-state index in [4.69, 9.17) is 15.2 Å². The van der Waals surface area contributed by atoms with Crippen LogP contribution < -0.4 is 10.5 Å². The number of rotatable bonds is 4. The van der Waals surface area contributed by atoms with Crippen LogP contribution in [0.25, 0.3) is 0 Å². The Balaban J connectivity index is 2.12. The zero-order valence-electron chi connectivity index (χ0n) is 12.5. The van der Waals surface area contributed by atoms with Crippen LogP contribution in [0.4, 0.5) is 5.69 Å². The lowest BCUT2D eigenvalue weighted by molar-refractivity contribution is 0.0473. The Hall–Kier alpha value is -2.49. The van der Waals surface area contributed by atoms with Gasteiger partial charge in [0.05, 0.1) is 18.4 Å². The molecule has 0 aliphatic rings. The molecule has 2 aromatic rings. The van der Waals surface area contributed by atoms with Gasteiger partial charge in [0.15, 0.2) is 0 Å². The lowest BCUT2D eigenvalue weighted by Crippen LogP contribution is -2.09. The highest BCUT2D eigenvalue weighted by atomic mass is 16.5. The smallest absolute Gasteiger partial charge is 0.340 e. The second kappa shape index (κ2) is 6.31. The maximum atomic E-state index is 12.1. The van der Waals surface area contributed by atoms with Gasteiger partial charge in [-0.1, -0.05) is 35.4 Å². The zero-order valence-corrected chi connectivity index (χ0v) is 12.5. The third kappa shape index (κ3) is 3.54. The fraction of sp³-hybridized carbons (Fsp3) is 0.235. The Morgan fingerprint density at radius 3 is 2.43 bits per heavy atom. The van der Waals surface area contributed by atoms with E-state index in [0.29, 0.717) is 17.0 Å². The number of esters is 1. The largest absolute Gasteiger partial charge is 0.495 e. The summed E-state index contributed by atoms with van der Waals surface area (Å²) < 4.78 is 10.4. The molecular formula is C17H19NO3. The molecular weight excluding hydrogens is 266 g/mol. The molecule has 21 heavy (non-hydrogen) atoms. The number of anilines is 1. The molecule has 0 saturated heterocycles. The van der Waals surface area contributed by atoms with Gasteiger partial charge in [-0.3, -0.25) is 0 Å². The minimum atomic E-state index is -0.453. The Labute approximate surface area is 124 Å². The molecule has 2 rings (SSSR count). The van der Waals surface area contributed by atoms with Gasteiger partial charge in [-0.15, -0.1) is 0 Å². The second-order valence-corrected chi connectivity index (χ2v) is 4.99. The number of hydrogen-bond acceptors (Lipinski definition) is 4. The fourth-order valence-electron chi connectivity index (χ4n) is 2.28. The molecule has 0 heterocycles. The second-order valence-electron chi connectivity index (χ2n) is 4.99. The molecule has 0 aliphatic heterocycles. The molecule has 0 atom stereocenters. The van der Waals surface area contributed by atoms with E-state index >= 15 is 0 Å². The van der Waals surface area contributed by atoms with Crippen molar-refractivity contribution >= 4 is 11.7 Å². The third-order valence-electron chi connectivity index (χ3n) is 3.16. The van der Waals surface area contributed by atoms with Crippen LogP contribution in [0, 0.1) is 13.8 Å². The van der Waals surface area contributed by atoms with Crippen molar-refractivity contribution in [1.82, 2.24) is 0 Å². The molecule has 0 saturated carbocycles. The molecule has 0 radical (unpaired) electrons. The number of benzene rings is 2. The van der Waals surface area contributed by atoms with Gasteiger partial charge in [0.25, 0.3) is 0 Å². The number of carbonyl (C=O) groups excluding carboxylic acids is 1. The van der Waals surface area contributed by atoms with Crippen LogP contribution in [0.2, 0.25) is 0 Å². The highest BCUT2D eigenvalue weighted by molar-refractivity contribution is 5.96. The van der Waals surface area contributed by atoms with Crippen molar-refractivity contribution in [3.8, 4) is 5.75 Å². The maximum absolute atomic E-state index is 12.1. The summed E-state index contributed by atoms with van der Waals surface area (Å²) in [5.41, 5.74) is 9.74. The first-order valence-corrected chi connectivity index (χ1v) is 6.68. The number of hydrogen-bond donors (Lipinski definition) is 1. The average Bonchev–Trinajstić information content (AvgIpc) is 2.44. The minimum Gasteiger partial charge on any atom is -0.495 e. The average molecular weight is 285 g/mol. The van der Waals surface area contributed by atoms with Crippen molar-refractivity contribution in [1.29, 1.82) is 0 Å². The number of ether oxygens (including phenoxy) is 2. The molecule has 4 heteroatoms. The van der Waals surface area contributed by atoms with Gasteiger partial charge in [-0.2, -0.15) is 0 Å². The summed E-state index contributed by atoms with van der Waals surface area (Å²) in [4.78, 5) is 12.1. The Kier molecular flexibility index (Phi) is 4.48. The van der Waals surface area contributed by atoms with E-state index in [2.05, 4.69) is 6.07 Å². The van der Waals surface area contributed by atoms with Crippen LogP contribution in [0.1, 0.15) is 27.0 Å². The first-order chi connectivity index (χ1) is 10.0. The quantitative estimate of drug-likeness (QED) is 0.692. The van der Waals surface area contributed by atoms with E-state index in [1.807, 2.05) is 26.0 Å². The van der Waals surface area contributed by atoms with E-state index in [9.17, 15) is 4.79 Å². The summed E-state index contributed by atoms with van der Waals surface area (Å²) in [5, 5.41) is 0. The molecule has 0 amide bonds. The molecule has 4 nitrogen and oxygen atoms in total. The highest BCUT2D eigenvalue weighted by Crippen LogP contribution is 2.25. The monoisotopic (exact) mass is 285 g/mol. The van der Waals surface area contributed by atoms with Gasteiger partial charge < -0.3 is 15.2 Å². The molecule has 0 unspecified atom stereocenters. The number of aryl methyl sites for hydroxylation is 2. The molecule has 0 fully saturated rings. The van der Waals surface area contributed by atoms with E-state index in [0.717, 1.165) is 16.7 Å². The summed E-state index contributed by atoms with van der Waals surface area (Å²) in [5.74, 6) is 0.0152. The predicted octanol–water partition coefficient (Wildman–Crippen LogP) is 3.25. The minimum absolute atomic E-state index is 0.220. The van der Waals surface area contributed by atoms with Crippen LogP contribution in [-0.4, -0.2) is 13.1 Å². The summed E-state index contributed by atoms with van der Waals surface area (Å²) in [6.07, 6.45) is 0. The first kappa shape index (κ1) is 14.9. The summed E-state index contributed by atoms with van der Waals surface area (Å²) >= 11 is 0. The molecule has 2 N–H and O–H groups in total. The summed E-state index contributed by atoms with van der Waals surface area (Å²) in [7, 11) is 1.51. The van der Waals surface area contributed by atoms with E-state index < -0.39 is 5.97 Å². The van der Waals surface area contributed by atoms with E-state index in [1.54, 1.807) is 18.2 Å². The predicted molar refractivity (Wildman–Crippen MR) is 82.4 cm³/mol. The van der Waals surface area contributed by atoms with Crippen LogP contribution in [0.3, 0.4) is 0 Å². The summed E-state index contributed by atoms with van der Waals surface area (Å²) in [6, 6.07) is 11.1. The van der Waals surface area contributed by atoms with Crippen LogP contribution in [-0.2, 0) is 11.3 Å². The van der Waals surface area contributed by atoms with Crippen molar-refractivity contribution in [2.45, 2.75) is 20.5 Å². The van der Waals surface area contributed by atoms with Crippen LogP contribution in [0.5, 0.6) is 5.75 Å². The number of carbonyl (C=O) groups is 1. The number of methoxy groups -OCH3 is 1. The molecule has 0 bridgehead atoms. The molecule has 0 aromatic heterocycles. The van der Waals surface area contributed by atoms with Crippen molar-refractivity contribution in [3.63, 3.8) is 0 Å². The highest BCUT2D eigenvalue weighted by Gasteiger charge is 2.14. The lowest BCUT2D eigenvalue weighted by atomic mass is 10.1. The molecule has 2 aromatic carbocycles. The Morgan fingerprint density at radius 2 is 1.81 bits per heavy atom. The molecule has 0 spiro atoms. The van der Waals surface area contributed by atoms with Gasteiger partial charge in [0.2, 0.25) is 0 Å². The zero-order chi connectivity index (χ0) is 15.4. The molecule has 110 valence electrons. The topological polar surface area (TPSA) is 61.5 Å². The van der Waals surface area contributed by atoms with E-state index in [1.165, 1.54) is 7.11 Å². The number of nitrogen functional groups attached to an aromatic ring is 1. The first-order valence-electron chi connectivity index (χ1n) is 6.68. The van der Waals surface area contributed by atoms with E-state index in [-0.39, 0.29) is 6.61 Å². The van der Waals surface area contributed by atoms with Crippen molar-refractivity contribution in [2.75, 3.05) is 12.8 Å². The van der Waals surface area contributed by atoms with Gasteiger partial charge in [-0.25, -0.2) is 4.79 Å². The van der Waals surface area contributed by atoms with Gasteiger partial charge in [0.1, 0.15) is 12.4 Å². The Bertz CT molecular complexity index is 645. The number of para-hydroxylation sites is 1. The Morgan fingerprint density at radius 1 is 1.14 bits per heavy atom. The fourth-order valence-corrected chi connectivity index (χ4v) is 2.28. The number of nitrogens with two attached hydrogens (primary N) is 1. The van der Waals surface area contributed by atoms with Gasteiger partial charge >= 0.3 is 5.97 Å². The maximum Gasteiger partial charge on any atom is 0.340 e. The van der Waals surface area contributed by atoms with Crippen molar-refractivity contribution in [3.05, 3.63) is 58.7 Å². The SMILES string of the molecule is COc1cccc(C(=O)OCc2cc(C)cc(C)c2)c1N.